The zero-order valence-corrected chi connectivity index (χ0v) is 11.4. The van der Waals surface area contributed by atoms with Crippen LogP contribution in [0.25, 0.3) is 0 Å². The second-order valence-electron chi connectivity index (χ2n) is 4.10. The van der Waals surface area contributed by atoms with E-state index in [0.29, 0.717) is 26.4 Å². The molecule has 0 bridgehead atoms. The lowest BCUT2D eigenvalue weighted by Crippen LogP contribution is -2.51. The number of alkyl halides is 1. The van der Waals surface area contributed by atoms with Crippen LogP contribution in [0.1, 0.15) is 19.8 Å². The lowest BCUT2D eigenvalue weighted by molar-refractivity contribution is -0.136. The Morgan fingerprint density at radius 2 is 1.82 bits per heavy atom. The summed E-state index contributed by atoms with van der Waals surface area (Å²) in [5, 5.41) is 0.0633. The third kappa shape index (κ3) is 5.53. The Balaban J connectivity index is 2.03. The zero-order valence-electron chi connectivity index (χ0n) is 10.7. The Labute approximate surface area is 109 Å². The predicted molar refractivity (Wildman–Crippen MR) is 66.7 cm³/mol. The van der Waals surface area contributed by atoms with Crippen LogP contribution in [0.15, 0.2) is 0 Å². The Morgan fingerprint density at radius 3 is 2.47 bits per heavy atom. The van der Waals surface area contributed by atoms with Crippen LogP contribution in [0.5, 0.6) is 0 Å². The number of hydrogen-bond donors (Lipinski definition) is 0. The molecular formula is C12H23ClO4. The minimum absolute atomic E-state index is 0.00186. The van der Waals surface area contributed by atoms with Crippen molar-refractivity contribution in [2.24, 2.45) is 0 Å². The molecule has 0 aromatic rings. The first-order valence-corrected chi connectivity index (χ1v) is 6.67. The van der Waals surface area contributed by atoms with Crippen LogP contribution in [-0.4, -0.2) is 57.7 Å². The van der Waals surface area contributed by atoms with Gasteiger partial charge in [-0.15, -0.1) is 11.6 Å². The highest BCUT2D eigenvalue weighted by molar-refractivity contribution is 6.21. The summed E-state index contributed by atoms with van der Waals surface area (Å²) < 4.78 is 21.5. The van der Waals surface area contributed by atoms with Gasteiger partial charge in [-0.05, 0) is 12.8 Å². The molecule has 0 amide bonds. The van der Waals surface area contributed by atoms with Gasteiger partial charge in [0.25, 0.3) is 0 Å². The van der Waals surface area contributed by atoms with Gasteiger partial charge in [-0.25, -0.2) is 0 Å². The van der Waals surface area contributed by atoms with Crippen LogP contribution in [0.2, 0.25) is 0 Å². The molecule has 1 saturated carbocycles. The number of rotatable bonds is 10. The molecule has 1 aliphatic rings. The minimum atomic E-state index is -0.00186. The maximum atomic E-state index is 6.07. The van der Waals surface area contributed by atoms with Crippen LogP contribution in [0.4, 0.5) is 0 Å². The average molecular weight is 267 g/mol. The van der Waals surface area contributed by atoms with Gasteiger partial charge in [0.05, 0.1) is 37.9 Å². The molecule has 0 aliphatic heterocycles. The molecule has 0 heterocycles. The van der Waals surface area contributed by atoms with Crippen LogP contribution >= 0.6 is 11.6 Å². The predicted octanol–water partition coefficient (Wildman–Crippen LogP) is 1.84. The minimum Gasteiger partial charge on any atom is -0.382 e. The first kappa shape index (κ1) is 15.2. The molecule has 1 fully saturated rings. The molecule has 102 valence electrons. The summed E-state index contributed by atoms with van der Waals surface area (Å²) in [6.07, 6.45) is 2.00. The SMILES string of the molecule is CCCOCCOC1CC(Cl)C1OCCOC. The van der Waals surface area contributed by atoms with Gasteiger partial charge < -0.3 is 18.9 Å². The molecule has 4 nitrogen and oxygen atoms in total. The van der Waals surface area contributed by atoms with Crippen molar-refractivity contribution >= 4 is 11.6 Å². The van der Waals surface area contributed by atoms with E-state index in [9.17, 15) is 0 Å². The average Bonchev–Trinajstić information content (AvgIpc) is 2.33. The van der Waals surface area contributed by atoms with E-state index < -0.39 is 0 Å². The lowest BCUT2D eigenvalue weighted by Gasteiger charge is -2.40. The summed E-state index contributed by atoms with van der Waals surface area (Å²) in [6.45, 7) is 5.29. The third-order valence-electron chi connectivity index (χ3n) is 2.69. The fourth-order valence-electron chi connectivity index (χ4n) is 1.67. The molecule has 1 rings (SSSR count). The number of halogens is 1. The summed E-state index contributed by atoms with van der Waals surface area (Å²) in [5.74, 6) is 0. The molecule has 5 heteroatoms. The quantitative estimate of drug-likeness (QED) is 0.447. The molecule has 0 saturated heterocycles. The lowest BCUT2D eigenvalue weighted by atomic mass is 9.91. The maximum absolute atomic E-state index is 6.07. The van der Waals surface area contributed by atoms with E-state index in [1.54, 1.807) is 7.11 Å². The summed E-state index contributed by atoms with van der Waals surface area (Å²) in [6, 6.07) is 0. The van der Waals surface area contributed by atoms with E-state index in [2.05, 4.69) is 6.92 Å². The van der Waals surface area contributed by atoms with Crippen LogP contribution in [0, 0.1) is 0 Å². The third-order valence-corrected chi connectivity index (χ3v) is 3.11. The number of methoxy groups -OCH3 is 1. The topological polar surface area (TPSA) is 36.9 Å². The van der Waals surface area contributed by atoms with E-state index in [1.165, 1.54) is 0 Å². The first-order chi connectivity index (χ1) is 8.29. The molecule has 0 aromatic heterocycles. The van der Waals surface area contributed by atoms with Crippen molar-refractivity contribution in [3.05, 3.63) is 0 Å². The summed E-state index contributed by atoms with van der Waals surface area (Å²) in [4.78, 5) is 0. The number of ether oxygens (including phenoxy) is 4. The van der Waals surface area contributed by atoms with Gasteiger partial charge in [-0.2, -0.15) is 0 Å². The van der Waals surface area contributed by atoms with Crippen molar-refractivity contribution in [2.45, 2.75) is 37.4 Å². The molecule has 0 N–H and O–H groups in total. The van der Waals surface area contributed by atoms with Crippen molar-refractivity contribution in [3.63, 3.8) is 0 Å². The maximum Gasteiger partial charge on any atom is 0.100 e. The molecule has 0 aromatic carbocycles. The standard InChI is InChI=1S/C12H23ClO4/c1-3-4-15-6-8-16-11-9-10(13)12(11)17-7-5-14-2/h10-12H,3-9H2,1-2H3. The van der Waals surface area contributed by atoms with Crippen molar-refractivity contribution in [2.75, 3.05) is 40.1 Å². The monoisotopic (exact) mass is 266 g/mol. The van der Waals surface area contributed by atoms with Crippen molar-refractivity contribution in [1.82, 2.24) is 0 Å². The van der Waals surface area contributed by atoms with Gasteiger partial charge in [-0.3, -0.25) is 0 Å². The van der Waals surface area contributed by atoms with Crippen molar-refractivity contribution < 1.29 is 18.9 Å². The zero-order chi connectivity index (χ0) is 12.5. The molecular weight excluding hydrogens is 244 g/mol. The molecule has 1 aliphatic carbocycles. The van der Waals surface area contributed by atoms with E-state index in [0.717, 1.165) is 19.4 Å². The van der Waals surface area contributed by atoms with Gasteiger partial charge >= 0.3 is 0 Å². The van der Waals surface area contributed by atoms with Crippen LogP contribution < -0.4 is 0 Å². The van der Waals surface area contributed by atoms with Crippen molar-refractivity contribution in [1.29, 1.82) is 0 Å². The first-order valence-electron chi connectivity index (χ1n) is 6.23. The second kappa shape index (κ2) is 9.11. The van der Waals surface area contributed by atoms with E-state index in [1.807, 2.05) is 0 Å². The largest absolute Gasteiger partial charge is 0.382 e. The summed E-state index contributed by atoms with van der Waals surface area (Å²) in [5.41, 5.74) is 0. The fourth-order valence-corrected chi connectivity index (χ4v) is 2.08. The molecule has 17 heavy (non-hydrogen) atoms. The second-order valence-corrected chi connectivity index (χ2v) is 4.66. The summed E-state index contributed by atoms with van der Waals surface area (Å²) >= 11 is 6.07. The van der Waals surface area contributed by atoms with E-state index in [4.69, 9.17) is 30.5 Å². The molecule has 0 radical (unpaired) electrons. The molecule has 3 unspecified atom stereocenters. The van der Waals surface area contributed by atoms with Gasteiger partial charge in [0.1, 0.15) is 6.10 Å². The van der Waals surface area contributed by atoms with Crippen molar-refractivity contribution in [3.8, 4) is 0 Å². The highest BCUT2D eigenvalue weighted by Crippen LogP contribution is 2.31. The smallest absolute Gasteiger partial charge is 0.100 e. The Bertz CT molecular complexity index is 191. The normalized spacial score (nSPS) is 28.1. The molecule has 3 atom stereocenters. The highest BCUT2D eigenvalue weighted by Gasteiger charge is 2.41. The Kier molecular flexibility index (Phi) is 8.14. The Morgan fingerprint density at radius 1 is 1.06 bits per heavy atom. The van der Waals surface area contributed by atoms with Gasteiger partial charge in [0.15, 0.2) is 0 Å². The van der Waals surface area contributed by atoms with Gasteiger partial charge in [0.2, 0.25) is 0 Å². The van der Waals surface area contributed by atoms with Gasteiger partial charge in [0, 0.05) is 13.7 Å². The summed E-state index contributed by atoms with van der Waals surface area (Å²) in [7, 11) is 1.65. The van der Waals surface area contributed by atoms with Gasteiger partial charge in [-0.1, -0.05) is 6.92 Å². The molecule has 0 spiro atoms. The Hall–Kier alpha value is 0.130. The highest BCUT2D eigenvalue weighted by atomic mass is 35.5. The number of hydrogen-bond acceptors (Lipinski definition) is 4. The fraction of sp³-hybridized carbons (Fsp3) is 1.00. The van der Waals surface area contributed by atoms with Crippen LogP contribution in [-0.2, 0) is 18.9 Å². The van der Waals surface area contributed by atoms with E-state index in [-0.39, 0.29) is 17.6 Å². The van der Waals surface area contributed by atoms with Crippen LogP contribution in [0.3, 0.4) is 0 Å². The van der Waals surface area contributed by atoms with E-state index >= 15 is 0 Å².